The highest BCUT2D eigenvalue weighted by atomic mass is 16.3. The first-order chi connectivity index (χ1) is 7.76. The van der Waals surface area contributed by atoms with Crippen molar-refractivity contribution in [2.45, 2.75) is 32.6 Å². The van der Waals surface area contributed by atoms with Gasteiger partial charge < -0.3 is 15.3 Å². The van der Waals surface area contributed by atoms with Crippen molar-refractivity contribution in [2.24, 2.45) is 5.92 Å². The first-order valence-electron chi connectivity index (χ1n) is 6.36. The van der Waals surface area contributed by atoms with E-state index in [2.05, 4.69) is 17.1 Å². The monoisotopic (exact) mass is 228 g/mol. The fraction of sp³-hybridized carbons (Fsp3) is 0.917. The SMILES string of the molecule is CCN1CCC(CNC(=O)CCCO)CC1. The standard InChI is InChI=1S/C12H24N2O2/c1-2-14-7-5-11(6-8-14)10-13-12(16)4-3-9-15/h11,15H,2-10H2,1H3,(H,13,16). The molecule has 2 N–H and O–H groups in total. The number of nitrogens with one attached hydrogen (secondary N) is 1. The molecule has 1 amide bonds. The van der Waals surface area contributed by atoms with Gasteiger partial charge in [-0.1, -0.05) is 6.92 Å². The van der Waals surface area contributed by atoms with E-state index in [0.29, 0.717) is 18.8 Å². The molecule has 94 valence electrons. The molecule has 0 aromatic carbocycles. The van der Waals surface area contributed by atoms with Crippen LogP contribution in [0.25, 0.3) is 0 Å². The molecular weight excluding hydrogens is 204 g/mol. The molecule has 0 aliphatic carbocycles. The van der Waals surface area contributed by atoms with Crippen molar-refractivity contribution in [3.05, 3.63) is 0 Å². The van der Waals surface area contributed by atoms with E-state index < -0.39 is 0 Å². The van der Waals surface area contributed by atoms with Crippen molar-refractivity contribution in [1.82, 2.24) is 10.2 Å². The van der Waals surface area contributed by atoms with Gasteiger partial charge in [0.15, 0.2) is 0 Å². The normalized spacial score (nSPS) is 18.6. The fourth-order valence-electron chi connectivity index (χ4n) is 2.09. The number of aliphatic hydroxyl groups excluding tert-OH is 1. The Labute approximate surface area is 98.0 Å². The number of carbonyl (C=O) groups excluding carboxylic acids is 1. The van der Waals surface area contributed by atoms with Gasteiger partial charge in [0.25, 0.3) is 0 Å². The summed E-state index contributed by atoms with van der Waals surface area (Å²) in [4.78, 5) is 13.8. The first kappa shape index (κ1) is 13.5. The smallest absolute Gasteiger partial charge is 0.220 e. The molecule has 1 rings (SSSR count). The number of likely N-dealkylation sites (tertiary alicyclic amines) is 1. The number of nitrogens with zero attached hydrogens (tertiary/aromatic N) is 1. The summed E-state index contributed by atoms with van der Waals surface area (Å²) in [5.41, 5.74) is 0. The van der Waals surface area contributed by atoms with Crippen LogP contribution in [0.5, 0.6) is 0 Å². The summed E-state index contributed by atoms with van der Waals surface area (Å²) in [6.45, 7) is 6.55. The summed E-state index contributed by atoms with van der Waals surface area (Å²) in [5, 5.41) is 11.6. The Morgan fingerprint density at radius 2 is 2.12 bits per heavy atom. The number of rotatable bonds is 6. The highest BCUT2D eigenvalue weighted by Crippen LogP contribution is 2.15. The molecule has 1 fully saturated rings. The Bertz CT molecular complexity index is 201. The Morgan fingerprint density at radius 1 is 1.44 bits per heavy atom. The van der Waals surface area contributed by atoms with E-state index >= 15 is 0 Å². The lowest BCUT2D eigenvalue weighted by Gasteiger charge is -2.31. The molecule has 4 nitrogen and oxygen atoms in total. The lowest BCUT2D eigenvalue weighted by Crippen LogP contribution is -2.38. The molecule has 0 aromatic heterocycles. The van der Waals surface area contributed by atoms with Crippen molar-refractivity contribution < 1.29 is 9.90 Å². The number of carbonyl (C=O) groups is 1. The number of amides is 1. The zero-order valence-electron chi connectivity index (χ0n) is 10.2. The van der Waals surface area contributed by atoms with E-state index in [1.165, 1.54) is 12.8 Å². The number of piperidine rings is 1. The predicted molar refractivity (Wildman–Crippen MR) is 64.2 cm³/mol. The maximum atomic E-state index is 11.3. The molecule has 16 heavy (non-hydrogen) atoms. The topological polar surface area (TPSA) is 52.6 Å². The van der Waals surface area contributed by atoms with E-state index in [0.717, 1.165) is 26.2 Å². The third-order valence-electron chi connectivity index (χ3n) is 3.30. The number of hydrogen-bond donors (Lipinski definition) is 2. The summed E-state index contributed by atoms with van der Waals surface area (Å²) in [5.74, 6) is 0.716. The van der Waals surface area contributed by atoms with E-state index in [9.17, 15) is 4.79 Å². The van der Waals surface area contributed by atoms with Gasteiger partial charge in [-0.2, -0.15) is 0 Å². The van der Waals surface area contributed by atoms with Crippen molar-refractivity contribution in [3.63, 3.8) is 0 Å². The molecule has 0 bridgehead atoms. The molecule has 0 atom stereocenters. The molecule has 0 unspecified atom stereocenters. The molecule has 1 heterocycles. The Balaban J connectivity index is 2.07. The van der Waals surface area contributed by atoms with Gasteiger partial charge in [-0.3, -0.25) is 4.79 Å². The molecule has 4 heteroatoms. The third kappa shape index (κ3) is 4.94. The van der Waals surface area contributed by atoms with Crippen LogP contribution in [0, 0.1) is 5.92 Å². The van der Waals surface area contributed by atoms with Crippen LogP contribution in [0.2, 0.25) is 0 Å². The van der Waals surface area contributed by atoms with Gasteiger partial charge in [0.2, 0.25) is 5.91 Å². The second-order valence-electron chi connectivity index (χ2n) is 4.51. The zero-order chi connectivity index (χ0) is 11.8. The molecule has 0 aromatic rings. The van der Waals surface area contributed by atoms with E-state index in [1.54, 1.807) is 0 Å². The number of hydrogen-bond acceptors (Lipinski definition) is 3. The molecular formula is C12H24N2O2. The minimum absolute atomic E-state index is 0.0759. The zero-order valence-corrected chi connectivity index (χ0v) is 10.2. The maximum Gasteiger partial charge on any atom is 0.220 e. The van der Waals surface area contributed by atoms with Crippen LogP contribution in [-0.4, -0.2) is 48.7 Å². The van der Waals surface area contributed by atoms with Crippen LogP contribution in [-0.2, 0) is 4.79 Å². The highest BCUT2D eigenvalue weighted by molar-refractivity contribution is 5.75. The molecule has 0 radical (unpaired) electrons. The Kier molecular flexibility index (Phi) is 6.42. The predicted octanol–water partition coefficient (Wildman–Crippen LogP) is 0.607. The van der Waals surface area contributed by atoms with Crippen LogP contribution in [0.4, 0.5) is 0 Å². The van der Waals surface area contributed by atoms with Crippen LogP contribution in [0.15, 0.2) is 0 Å². The van der Waals surface area contributed by atoms with Crippen molar-refractivity contribution in [2.75, 3.05) is 32.8 Å². The van der Waals surface area contributed by atoms with Crippen LogP contribution < -0.4 is 5.32 Å². The van der Waals surface area contributed by atoms with Gasteiger partial charge in [-0.05, 0) is 44.8 Å². The average molecular weight is 228 g/mol. The molecule has 1 saturated heterocycles. The molecule has 0 spiro atoms. The largest absolute Gasteiger partial charge is 0.396 e. The molecule has 1 aliphatic heterocycles. The van der Waals surface area contributed by atoms with Crippen molar-refractivity contribution in [1.29, 1.82) is 0 Å². The molecule has 0 saturated carbocycles. The number of aliphatic hydroxyl groups is 1. The first-order valence-corrected chi connectivity index (χ1v) is 6.36. The summed E-state index contributed by atoms with van der Waals surface area (Å²) >= 11 is 0. The second-order valence-corrected chi connectivity index (χ2v) is 4.51. The van der Waals surface area contributed by atoms with Gasteiger partial charge in [-0.25, -0.2) is 0 Å². The maximum absolute atomic E-state index is 11.3. The summed E-state index contributed by atoms with van der Waals surface area (Å²) in [7, 11) is 0. The average Bonchev–Trinajstić information content (AvgIpc) is 2.34. The minimum atomic E-state index is 0.0759. The van der Waals surface area contributed by atoms with Gasteiger partial charge >= 0.3 is 0 Å². The van der Waals surface area contributed by atoms with Gasteiger partial charge in [-0.15, -0.1) is 0 Å². The van der Waals surface area contributed by atoms with E-state index in [4.69, 9.17) is 5.11 Å². The quantitative estimate of drug-likeness (QED) is 0.700. The van der Waals surface area contributed by atoms with Gasteiger partial charge in [0.05, 0.1) is 0 Å². The second kappa shape index (κ2) is 7.63. The summed E-state index contributed by atoms with van der Waals surface area (Å²) in [6.07, 6.45) is 3.40. The minimum Gasteiger partial charge on any atom is -0.396 e. The van der Waals surface area contributed by atoms with E-state index in [1.807, 2.05) is 0 Å². The van der Waals surface area contributed by atoms with Gasteiger partial charge in [0.1, 0.15) is 0 Å². The molecule has 1 aliphatic rings. The van der Waals surface area contributed by atoms with Gasteiger partial charge in [0, 0.05) is 19.6 Å². The van der Waals surface area contributed by atoms with Crippen LogP contribution >= 0.6 is 0 Å². The summed E-state index contributed by atoms with van der Waals surface area (Å²) in [6, 6.07) is 0. The van der Waals surface area contributed by atoms with Crippen LogP contribution in [0.1, 0.15) is 32.6 Å². The Hall–Kier alpha value is -0.610. The fourth-order valence-corrected chi connectivity index (χ4v) is 2.09. The van der Waals surface area contributed by atoms with Crippen molar-refractivity contribution in [3.8, 4) is 0 Å². The van der Waals surface area contributed by atoms with Crippen LogP contribution in [0.3, 0.4) is 0 Å². The lowest BCUT2D eigenvalue weighted by molar-refractivity contribution is -0.121. The summed E-state index contributed by atoms with van der Waals surface area (Å²) < 4.78 is 0. The highest BCUT2D eigenvalue weighted by Gasteiger charge is 2.18. The third-order valence-corrected chi connectivity index (χ3v) is 3.30. The van der Waals surface area contributed by atoms with E-state index in [-0.39, 0.29) is 12.5 Å². The Morgan fingerprint density at radius 3 is 2.69 bits per heavy atom. The lowest BCUT2D eigenvalue weighted by atomic mass is 9.97. The van der Waals surface area contributed by atoms with Crippen molar-refractivity contribution >= 4 is 5.91 Å².